The Morgan fingerprint density at radius 1 is 1.35 bits per heavy atom. The van der Waals surface area contributed by atoms with E-state index in [0.717, 1.165) is 6.42 Å². The smallest absolute Gasteiger partial charge is 0.359 e. The highest BCUT2D eigenvalue weighted by molar-refractivity contribution is 5.79. The Kier molecular flexibility index (Phi) is 5.08. The lowest BCUT2D eigenvalue weighted by molar-refractivity contribution is -0.185. The van der Waals surface area contributed by atoms with Gasteiger partial charge in [0.05, 0.1) is 5.92 Å². The highest BCUT2D eigenvalue weighted by Gasteiger charge is 2.41. The molecule has 2 atom stereocenters. The lowest BCUT2D eigenvalue weighted by Gasteiger charge is -2.30. The van der Waals surface area contributed by atoms with Gasteiger partial charge in [-0.3, -0.25) is 4.99 Å². The predicted molar refractivity (Wildman–Crippen MR) is 61.9 cm³/mol. The Balaban J connectivity index is 2.40. The zero-order valence-electron chi connectivity index (χ0n) is 10.3. The van der Waals surface area contributed by atoms with E-state index < -0.39 is 12.1 Å². The Morgan fingerprint density at radius 2 is 2.06 bits per heavy atom. The Bertz CT molecular complexity index is 263. The minimum Gasteiger partial charge on any atom is -0.359 e. The molecule has 3 nitrogen and oxygen atoms in total. The van der Waals surface area contributed by atoms with Crippen molar-refractivity contribution in [1.29, 1.82) is 0 Å². The molecule has 1 rings (SSSR count). The zero-order valence-corrected chi connectivity index (χ0v) is 10.3. The minimum atomic E-state index is -4.04. The average molecular weight is 251 g/mol. The van der Waals surface area contributed by atoms with E-state index >= 15 is 0 Å². The normalized spacial score (nSPS) is 26.8. The molecular weight excluding hydrogens is 231 g/mol. The van der Waals surface area contributed by atoms with Gasteiger partial charge >= 0.3 is 6.18 Å². The van der Waals surface area contributed by atoms with Crippen molar-refractivity contribution >= 4 is 5.96 Å². The van der Waals surface area contributed by atoms with E-state index in [0.29, 0.717) is 18.9 Å². The summed E-state index contributed by atoms with van der Waals surface area (Å²) in [4.78, 5) is 3.93. The molecule has 1 aliphatic carbocycles. The van der Waals surface area contributed by atoms with Crippen molar-refractivity contribution in [2.24, 2.45) is 16.8 Å². The van der Waals surface area contributed by atoms with Gasteiger partial charge in [-0.25, -0.2) is 0 Å². The minimum absolute atomic E-state index is 0.0838. The van der Waals surface area contributed by atoms with Crippen LogP contribution in [0.3, 0.4) is 0 Å². The summed E-state index contributed by atoms with van der Waals surface area (Å²) in [5.41, 5.74) is 0. The fraction of sp³-hybridized carbons (Fsp3) is 0.909. The van der Waals surface area contributed by atoms with Gasteiger partial charge in [0.2, 0.25) is 0 Å². The third-order valence-corrected chi connectivity index (χ3v) is 3.26. The molecule has 0 spiro atoms. The standard InChI is InChI=1S/C11H20F3N3/c1-15-10(16-2)17-7-8-4-3-5-9(6-8)11(12,13)14/h8-9H,3-7H2,1-2H3,(H2,15,16,17)/t8-,9+/m1/s1. The molecule has 17 heavy (non-hydrogen) atoms. The molecule has 1 aliphatic rings. The van der Waals surface area contributed by atoms with Gasteiger partial charge in [0.15, 0.2) is 5.96 Å². The van der Waals surface area contributed by atoms with E-state index in [9.17, 15) is 13.2 Å². The third kappa shape index (κ3) is 4.44. The van der Waals surface area contributed by atoms with Crippen molar-refractivity contribution in [1.82, 2.24) is 10.6 Å². The lowest BCUT2D eigenvalue weighted by atomic mass is 9.81. The number of alkyl halides is 3. The number of hydrogen-bond donors (Lipinski definition) is 2. The van der Waals surface area contributed by atoms with Crippen LogP contribution < -0.4 is 10.6 Å². The molecule has 100 valence electrons. The number of nitrogens with zero attached hydrogens (tertiary/aromatic N) is 1. The molecule has 6 heteroatoms. The first kappa shape index (κ1) is 14.1. The molecule has 0 aromatic carbocycles. The molecule has 0 heterocycles. The highest BCUT2D eigenvalue weighted by Crippen LogP contribution is 2.39. The van der Waals surface area contributed by atoms with Gasteiger partial charge in [-0.05, 0) is 25.2 Å². The number of aliphatic imine (C=N–C) groups is 1. The number of nitrogens with one attached hydrogen (secondary N) is 2. The molecule has 0 amide bonds. The summed E-state index contributed by atoms with van der Waals surface area (Å²) in [6, 6.07) is 0. The van der Waals surface area contributed by atoms with Crippen LogP contribution in [0.4, 0.5) is 13.2 Å². The van der Waals surface area contributed by atoms with Gasteiger partial charge in [0.1, 0.15) is 0 Å². The average Bonchev–Trinajstić information content (AvgIpc) is 2.30. The van der Waals surface area contributed by atoms with Gasteiger partial charge in [-0.2, -0.15) is 13.2 Å². The first-order chi connectivity index (χ1) is 7.97. The van der Waals surface area contributed by atoms with Gasteiger partial charge < -0.3 is 10.6 Å². The predicted octanol–water partition coefficient (Wildman–Crippen LogP) is 2.15. The van der Waals surface area contributed by atoms with Gasteiger partial charge in [0, 0.05) is 20.6 Å². The summed E-state index contributed by atoms with van der Waals surface area (Å²) < 4.78 is 37.8. The maximum atomic E-state index is 12.6. The maximum Gasteiger partial charge on any atom is 0.391 e. The zero-order chi connectivity index (χ0) is 12.9. The van der Waals surface area contributed by atoms with Crippen LogP contribution in [-0.4, -0.2) is 32.8 Å². The van der Waals surface area contributed by atoms with E-state index in [4.69, 9.17) is 0 Å². The first-order valence-corrected chi connectivity index (χ1v) is 5.92. The molecule has 0 aliphatic heterocycles. The maximum absolute atomic E-state index is 12.6. The number of halogens is 3. The summed E-state index contributed by atoms with van der Waals surface area (Å²) in [7, 11) is 3.37. The van der Waals surface area contributed by atoms with Crippen molar-refractivity contribution in [3.05, 3.63) is 0 Å². The molecular formula is C11H20F3N3. The summed E-state index contributed by atoms with van der Waals surface area (Å²) in [6.45, 7) is 0.556. The Hall–Kier alpha value is -0.940. The molecule has 0 unspecified atom stereocenters. The second kappa shape index (κ2) is 6.12. The fourth-order valence-corrected chi connectivity index (χ4v) is 2.29. The number of rotatable bonds is 2. The molecule has 0 bridgehead atoms. The molecule has 1 saturated carbocycles. The second-order valence-corrected chi connectivity index (χ2v) is 4.47. The largest absolute Gasteiger partial charge is 0.391 e. The van der Waals surface area contributed by atoms with E-state index in [-0.39, 0.29) is 18.8 Å². The van der Waals surface area contributed by atoms with Crippen LogP contribution in [0.5, 0.6) is 0 Å². The number of hydrogen-bond acceptors (Lipinski definition) is 1. The molecule has 0 radical (unpaired) electrons. The van der Waals surface area contributed by atoms with Crippen molar-refractivity contribution < 1.29 is 13.2 Å². The van der Waals surface area contributed by atoms with E-state index in [1.165, 1.54) is 0 Å². The van der Waals surface area contributed by atoms with E-state index in [1.54, 1.807) is 14.1 Å². The third-order valence-electron chi connectivity index (χ3n) is 3.26. The van der Waals surface area contributed by atoms with Gasteiger partial charge in [-0.15, -0.1) is 0 Å². The molecule has 2 N–H and O–H groups in total. The van der Waals surface area contributed by atoms with E-state index in [1.807, 2.05) is 0 Å². The van der Waals surface area contributed by atoms with Gasteiger partial charge in [-0.1, -0.05) is 6.42 Å². The SMILES string of the molecule is CN=C(NC)NC[C@@H]1CCC[C@H](C(F)(F)F)C1. The van der Waals surface area contributed by atoms with Crippen LogP contribution in [0, 0.1) is 11.8 Å². The summed E-state index contributed by atoms with van der Waals surface area (Å²) >= 11 is 0. The van der Waals surface area contributed by atoms with Crippen molar-refractivity contribution in [2.45, 2.75) is 31.9 Å². The monoisotopic (exact) mass is 251 g/mol. The molecule has 1 fully saturated rings. The van der Waals surface area contributed by atoms with Crippen LogP contribution in [0.1, 0.15) is 25.7 Å². The summed E-state index contributed by atoms with van der Waals surface area (Å²) in [5, 5.41) is 5.88. The quantitative estimate of drug-likeness (QED) is 0.583. The summed E-state index contributed by atoms with van der Waals surface area (Å²) in [6.07, 6.45) is -2.00. The molecule has 0 aromatic heterocycles. The van der Waals surface area contributed by atoms with Crippen molar-refractivity contribution in [3.8, 4) is 0 Å². The molecule has 0 aromatic rings. The van der Waals surface area contributed by atoms with Crippen LogP contribution in [-0.2, 0) is 0 Å². The van der Waals surface area contributed by atoms with Crippen LogP contribution in [0.25, 0.3) is 0 Å². The highest BCUT2D eigenvalue weighted by atomic mass is 19.4. The van der Waals surface area contributed by atoms with Crippen LogP contribution >= 0.6 is 0 Å². The Morgan fingerprint density at radius 3 is 2.59 bits per heavy atom. The van der Waals surface area contributed by atoms with Crippen LogP contribution in [0.2, 0.25) is 0 Å². The van der Waals surface area contributed by atoms with E-state index in [2.05, 4.69) is 15.6 Å². The van der Waals surface area contributed by atoms with Crippen molar-refractivity contribution in [3.63, 3.8) is 0 Å². The Labute approximate surface area is 99.9 Å². The second-order valence-electron chi connectivity index (χ2n) is 4.47. The topological polar surface area (TPSA) is 36.4 Å². The lowest BCUT2D eigenvalue weighted by Crippen LogP contribution is -2.40. The van der Waals surface area contributed by atoms with Crippen molar-refractivity contribution in [2.75, 3.05) is 20.6 Å². The summed E-state index contributed by atoms with van der Waals surface area (Å²) in [5.74, 6) is -0.417. The van der Waals surface area contributed by atoms with Crippen LogP contribution in [0.15, 0.2) is 4.99 Å². The van der Waals surface area contributed by atoms with Gasteiger partial charge in [0.25, 0.3) is 0 Å². The molecule has 0 saturated heterocycles. The number of guanidine groups is 1. The fourth-order valence-electron chi connectivity index (χ4n) is 2.29. The first-order valence-electron chi connectivity index (χ1n) is 5.92.